The van der Waals surface area contributed by atoms with Crippen molar-refractivity contribution in [2.75, 3.05) is 4.90 Å². The van der Waals surface area contributed by atoms with E-state index < -0.39 is 0 Å². The fourth-order valence-electron chi connectivity index (χ4n) is 8.18. The standard InChI is InChI=1S/C55H36N2OS/c1-5-13-37(14-6-1)39-21-27-45(28-22-39)57(50-35-43(38-15-7-2-8-16-38)25-31-47(50)41-17-9-3-10-18-41)46-29-23-40(24-30-46)44-26-32-48-52(36-44)58-51-34-33-49-54(53(48)51)59-55(56-49)42-19-11-4-12-20-42/h1-36H. The lowest BCUT2D eigenvalue weighted by Gasteiger charge is -2.29. The maximum atomic E-state index is 6.53. The summed E-state index contributed by atoms with van der Waals surface area (Å²) in [7, 11) is 0. The number of hydrogen-bond donors (Lipinski definition) is 0. The molecule has 0 aliphatic heterocycles. The molecule has 0 aliphatic rings. The molecule has 0 amide bonds. The number of nitrogens with zero attached hydrogens (tertiary/aromatic N) is 2. The molecule has 0 radical (unpaired) electrons. The van der Waals surface area contributed by atoms with Crippen LogP contribution in [0.3, 0.4) is 0 Å². The van der Waals surface area contributed by atoms with Crippen molar-refractivity contribution >= 4 is 60.6 Å². The van der Waals surface area contributed by atoms with Gasteiger partial charge in [-0.05, 0) is 93.5 Å². The monoisotopic (exact) mass is 772 g/mol. The van der Waals surface area contributed by atoms with Gasteiger partial charge in [0.05, 0.1) is 15.9 Å². The van der Waals surface area contributed by atoms with E-state index in [1.165, 1.54) is 16.7 Å². The van der Waals surface area contributed by atoms with Crippen molar-refractivity contribution in [1.29, 1.82) is 0 Å². The molecule has 11 rings (SSSR count). The van der Waals surface area contributed by atoms with Gasteiger partial charge in [-0.3, -0.25) is 0 Å². The molecule has 0 bridgehead atoms. The summed E-state index contributed by atoms with van der Waals surface area (Å²) in [5, 5.41) is 3.24. The molecule has 9 aromatic carbocycles. The highest BCUT2D eigenvalue weighted by Crippen LogP contribution is 2.45. The van der Waals surface area contributed by atoms with Crippen LogP contribution in [0, 0.1) is 0 Å². The SMILES string of the molecule is c1ccc(-c2ccc(N(c3ccc(-c4ccc5c(c4)oc4ccc6nc(-c7ccccc7)sc6c45)cc3)c3cc(-c4ccccc4)ccc3-c3ccccc3)cc2)cc1. The fraction of sp³-hybridized carbons (Fsp3) is 0. The molecule has 278 valence electrons. The fourth-order valence-corrected chi connectivity index (χ4v) is 9.30. The van der Waals surface area contributed by atoms with Crippen molar-refractivity contribution in [2.45, 2.75) is 0 Å². The molecule has 0 aliphatic carbocycles. The van der Waals surface area contributed by atoms with Crippen molar-refractivity contribution in [3.8, 4) is 55.1 Å². The summed E-state index contributed by atoms with van der Waals surface area (Å²) in [4.78, 5) is 7.37. The molecule has 0 N–H and O–H groups in total. The molecular weight excluding hydrogens is 737 g/mol. The largest absolute Gasteiger partial charge is 0.456 e. The summed E-state index contributed by atoms with van der Waals surface area (Å²) in [6.07, 6.45) is 0. The third-order valence-electron chi connectivity index (χ3n) is 11.1. The molecule has 0 atom stereocenters. The minimum Gasteiger partial charge on any atom is -0.456 e. The number of hydrogen-bond acceptors (Lipinski definition) is 4. The van der Waals surface area contributed by atoms with Gasteiger partial charge in [0.15, 0.2) is 0 Å². The molecule has 0 spiro atoms. The lowest BCUT2D eigenvalue weighted by atomic mass is 9.96. The Kier molecular flexibility index (Phi) is 8.68. The summed E-state index contributed by atoms with van der Waals surface area (Å²) in [5.74, 6) is 0. The molecule has 2 aromatic heterocycles. The third kappa shape index (κ3) is 6.46. The van der Waals surface area contributed by atoms with Crippen molar-refractivity contribution in [3.05, 3.63) is 218 Å². The third-order valence-corrected chi connectivity index (χ3v) is 12.3. The van der Waals surface area contributed by atoms with Crippen LogP contribution in [-0.2, 0) is 0 Å². The van der Waals surface area contributed by atoms with Gasteiger partial charge in [-0.25, -0.2) is 4.98 Å². The maximum Gasteiger partial charge on any atom is 0.137 e. The molecule has 0 fully saturated rings. The Bertz CT molecular complexity index is 3230. The van der Waals surface area contributed by atoms with Gasteiger partial charge in [0.1, 0.15) is 16.2 Å². The number of fused-ring (bicyclic) bond motifs is 5. The lowest BCUT2D eigenvalue weighted by molar-refractivity contribution is 0.669. The van der Waals surface area contributed by atoms with Crippen molar-refractivity contribution in [2.24, 2.45) is 0 Å². The van der Waals surface area contributed by atoms with Crippen LogP contribution in [0.15, 0.2) is 223 Å². The average molecular weight is 773 g/mol. The van der Waals surface area contributed by atoms with E-state index in [0.29, 0.717) is 0 Å². The summed E-state index contributed by atoms with van der Waals surface area (Å²) in [5.41, 5.74) is 16.4. The second-order valence-corrected chi connectivity index (χ2v) is 15.7. The first kappa shape index (κ1) is 34.7. The smallest absolute Gasteiger partial charge is 0.137 e. The first-order chi connectivity index (χ1) is 29.2. The number of anilines is 3. The van der Waals surface area contributed by atoms with E-state index in [4.69, 9.17) is 9.40 Å². The summed E-state index contributed by atoms with van der Waals surface area (Å²) >= 11 is 1.72. The zero-order valence-corrected chi connectivity index (χ0v) is 32.8. The van der Waals surface area contributed by atoms with Crippen LogP contribution in [0.4, 0.5) is 17.1 Å². The van der Waals surface area contributed by atoms with Crippen molar-refractivity contribution in [1.82, 2.24) is 4.98 Å². The zero-order valence-electron chi connectivity index (χ0n) is 32.0. The molecule has 0 saturated carbocycles. The highest BCUT2D eigenvalue weighted by atomic mass is 32.1. The molecule has 3 nitrogen and oxygen atoms in total. The lowest BCUT2D eigenvalue weighted by Crippen LogP contribution is -2.11. The van der Waals surface area contributed by atoms with Gasteiger partial charge in [-0.15, -0.1) is 11.3 Å². The van der Waals surface area contributed by atoms with Gasteiger partial charge in [0.25, 0.3) is 0 Å². The second kappa shape index (κ2) is 14.8. The van der Waals surface area contributed by atoms with Crippen LogP contribution >= 0.6 is 11.3 Å². The highest BCUT2D eigenvalue weighted by Gasteiger charge is 2.20. The molecule has 59 heavy (non-hydrogen) atoms. The van der Waals surface area contributed by atoms with E-state index in [9.17, 15) is 0 Å². The number of aromatic nitrogens is 1. The summed E-state index contributed by atoms with van der Waals surface area (Å²) in [6.45, 7) is 0. The van der Waals surface area contributed by atoms with Crippen LogP contribution in [0.2, 0.25) is 0 Å². The van der Waals surface area contributed by atoms with E-state index in [2.05, 4.69) is 217 Å². The van der Waals surface area contributed by atoms with Crippen molar-refractivity contribution < 1.29 is 4.42 Å². The normalized spacial score (nSPS) is 11.4. The number of rotatable bonds is 8. The zero-order chi connectivity index (χ0) is 39.1. The Morgan fingerprint density at radius 1 is 0.390 bits per heavy atom. The quantitative estimate of drug-likeness (QED) is 0.154. The van der Waals surface area contributed by atoms with Gasteiger partial charge >= 0.3 is 0 Å². The minimum absolute atomic E-state index is 0.870. The van der Waals surface area contributed by atoms with Crippen LogP contribution in [0.25, 0.3) is 87.2 Å². The average Bonchev–Trinajstić information content (AvgIpc) is 3.92. The Morgan fingerprint density at radius 3 is 1.51 bits per heavy atom. The topological polar surface area (TPSA) is 29.3 Å². The first-order valence-electron chi connectivity index (χ1n) is 19.9. The second-order valence-electron chi connectivity index (χ2n) is 14.7. The number of benzene rings is 9. The van der Waals surface area contributed by atoms with E-state index >= 15 is 0 Å². The van der Waals surface area contributed by atoms with Crippen LogP contribution < -0.4 is 4.90 Å². The summed E-state index contributed by atoms with van der Waals surface area (Å²) < 4.78 is 7.68. The Morgan fingerprint density at radius 2 is 0.881 bits per heavy atom. The molecule has 0 unspecified atom stereocenters. The van der Waals surface area contributed by atoms with E-state index in [1.54, 1.807) is 11.3 Å². The predicted octanol–water partition coefficient (Wildman–Crippen LogP) is 16.0. The Balaban J connectivity index is 1.02. The van der Waals surface area contributed by atoms with Gasteiger partial charge in [-0.1, -0.05) is 164 Å². The van der Waals surface area contributed by atoms with Gasteiger partial charge < -0.3 is 9.32 Å². The van der Waals surface area contributed by atoms with Crippen LogP contribution in [-0.4, -0.2) is 4.98 Å². The van der Waals surface area contributed by atoms with Crippen LogP contribution in [0.5, 0.6) is 0 Å². The maximum absolute atomic E-state index is 6.53. The molecule has 4 heteroatoms. The van der Waals surface area contributed by atoms with Gasteiger partial charge in [0, 0.05) is 33.3 Å². The molecule has 0 saturated heterocycles. The Labute approximate surface area is 346 Å². The number of thiazole rings is 1. The predicted molar refractivity (Wildman–Crippen MR) is 249 cm³/mol. The molecular formula is C55H36N2OS. The summed E-state index contributed by atoms with van der Waals surface area (Å²) in [6, 6.07) is 77.6. The minimum atomic E-state index is 0.870. The highest BCUT2D eigenvalue weighted by molar-refractivity contribution is 7.22. The van der Waals surface area contributed by atoms with Crippen molar-refractivity contribution in [3.63, 3.8) is 0 Å². The first-order valence-corrected chi connectivity index (χ1v) is 20.7. The van der Waals surface area contributed by atoms with E-state index in [1.807, 2.05) is 6.07 Å². The Hall–Kier alpha value is -7.53. The molecule has 11 aromatic rings. The van der Waals surface area contributed by atoms with E-state index in [-0.39, 0.29) is 0 Å². The number of furan rings is 1. The molecule has 2 heterocycles. The van der Waals surface area contributed by atoms with Crippen LogP contribution in [0.1, 0.15) is 0 Å². The van der Waals surface area contributed by atoms with Gasteiger partial charge in [0.2, 0.25) is 0 Å². The van der Waals surface area contributed by atoms with E-state index in [0.717, 1.165) is 87.6 Å². The van der Waals surface area contributed by atoms with Gasteiger partial charge in [-0.2, -0.15) is 0 Å².